The number of carbonyl (C=O) groups is 2. The summed E-state index contributed by atoms with van der Waals surface area (Å²) in [7, 11) is 0. The second-order valence-electron chi connectivity index (χ2n) is 6.11. The van der Waals surface area contributed by atoms with Crippen LogP contribution in [0.15, 0.2) is 0 Å². The molecule has 0 aromatic rings. The Bertz CT molecular complexity index is 339. The maximum Gasteiger partial charge on any atom is 0.246 e. The molecule has 1 aliphatic heterocycles. The van der Waals surface area contributed by atoms with Gasteiger partial charge < -0.3 is 10.2 Å². The van der Waals surface area contributed by atoms with Crippen molar-refractivity contribution in [3.8, 4) is 0 Å². The average Bonchev–Trinajstić information content (AvgIpc) is 2.32. The number of hydrogen-bond donors (Lipinski definition) is 1. The molecule has 0 aromatic heterocycles. The Morgan fingerprint density at radius 1 is 1.32 bits per heavy atom. The molecule has 19 heavy (non-hydrogen) atoms. The monoisotopic (exact) mass is 286 g/mol. The van der Waals surface area contributed by atoms with Gasteiger partial charge in [0, 0.05) is 6.54 Å². The van der Waals surface area contributed by atoms with Crippen LogP contribution in [0.25, 0.3) is 0 Å². The van der Waals surface area contributed by atoms with Crippen molar-refractivity contribution in [1.82, 2.24) is 10.2 Å². The molecular formula is C14H26N2O2S. The molecule has 1 heterocycles. The molecule has 110 valence electrons. The minimum Gasteiger partial charge on any atom is -0.342 e. The largest absolute Gasteiger partial charge is 0.342 e. The third-order valence-corrected chi connectivity index (χ3v) is 4.19. The fourth-order valence-electron chi connectivity index (χ4n) is 2.40. The van der Waals surface area contributed by atoms with Gasteiger partial charge in [-0.15, -0.1) is 0 Å². The van der Waals surface area contributed by atoms with Crippen LogP contribution in [0.2, 0.25) is 0 Å². The molecule has 0 spiro atoms. The first-order chi connectivity index (χ1) is 8.82. The van der Waals surface area contributed by atoms with Crippen LogP contribution in [0.3, 0.4) is 0 Å². The minimum atomic E-state index is -0.405. The fraction of sp³-hybridized carbons (Fsp3) is 0.857. The van der Waals surface area contributed by atoms with Gasteiger partial charge in [0.1, 0.15) is 12.1 Å². The summed E-state index contributed by atoms with van der Waals surface area (Å²) < 4.78 is 0. The summed E-state index contributed by atoms with van der Waals surface area (Å²) in [6, 6.07) is -0.704. The Balaban J connectivity index is 2.86. The van der Waals surface area contributed by atoms with E-state index in [4.69, 9.17) is 0 Å². The normalized spacial score (nSPS) is 24.6. The van der Waals surface area contributed by atoms with Crippen molar-refractivity contribution in [3.05, 3.63) is 0 Å². The van der Waals surface area contributed by atoms with Crippen LogP contribution in [0.1, 0.15) is 40.5 Å². The van der Waals surface area contributed by atoms with E-state index in [9.17, 15) is 9.59 Å². The maximum absolute atomic E-state index is 12.6. The summed E-state index contributed by atoms with van der Waals surface area (Å²) in [5, 5.41) is 2.89. The molecule has 5 heteroatoms. The summed E-state index contributed by atoms with van der Waals surface area (Å²) in [6.07, 6.45) is 3.67. The van der Waals surface area contributed by atoms with E-state index in [1.807, 2.05) is 27.7 Å². The topological polar surface area (TPSA) is 49.4 Å². The van der Waals surface area contributed by atoms with E-state index >= 15 is 0 Å². The van der Waals surface area contributed by atoms with Crippen LogP contribution < -0.4 is 5.32 Å². The van der Waals surface area contributed by atoms with Gasteiger partial charge in [0.15, 0.2) is 0 Å². The highest BCUT2D eigenvalue weighted by atomic mass is 32.2. The van der Waals surface area contributed by atoms with E-state index in [1.54, 1.807) is 16.7 Å². The molecule has 0 aliphatic carbocycles. The summed E-state index contributed by atoms with van der Waals surface area (Å²) in [5.74, 6) is 1.08. The first-order valence-electron chi connectivity index (χ1n) is 6.92. The predicted octanol–water partition coefficient (Wildman–Crippen LogP) is 1.89. The zero-order chi connectivity index (χ0) is 14.6. The standard InChI is InChI=1S/C14H26N2O2S/c1-6-10-12(17)15-11(14(2,3)4)13(18)16(10)8-7-9-19-5/h10-11H,6-9H2,1-5H3,(H,15,17). The predicted molar refractivity (Wildman–Crippen MR) is 80.2 cm³/mol. The number of piperazine rings is 1. The van der Waals surface area contributed by atoms with Crippen LogP contribution in [-0.2, 0) is 9.59 Å². The third-order valence-electron chi connectivity index (χ3n) is 3.50. The van der Waals surface area contributed by atoms with Gasteiger partial charge in [-0.1, -0.05) is 27.7 Å². The summed E-state index contributed by atoms with van der Waals surface area (Å²) in [6.45, 7) is 8.60. The lowest BCUT2D eigenvalue weighted by Gasteiger charge is -2.43. The first kappa shape index (κ1) is 16.3. The lowest BCUT2D eigenvalue weighted by Crippen LogP contribution is -2.66. The Hall–Kier alpha value is -0.710. The highest BCUT2D eigenvalue weighted by Gasteiger charge is 2.44. The molecular weight excluding hydrogens is 260 g/mol. The highest BCUT2D eigenvalue weighted by molar-refractivity contribution is 7.98. The van der Waals surface area contributed by atoms with Gasteiger partial charge in [-0.05, 0) is 30.3 Å². The van der Waals surface area contributed by atoms with Crippen molar-refractivity contribution >= 4 is 23.6 Å². The molecule has 2 atom stereocenters. The van der Waals surface area contributed by atoms with E-state index in [-0.39, 0.29) is 23.3 Å². The second kappa shape index (κ2) is 6.64. The molecule has 2 amide bonds. The Morgan fingerprint density at radius 2 is 1.95 bits per heavy atom. The fourth-order valence-corrected chi connectivity index (χ4v) is 2.82. The smallest absolute Gasteiger partial charge is 0.246 e. The molecule has 1 aliphatic rings. The number of carbonyl (C=O) groups excluding carboxylic acids is 2. The Kier molecular flexibility index (Phi) is 5.71. The molecule has 2 unspecified atom stereocenters. The van der Waals surface area contributed by atoms with Gasteiger partial charge in [-0.25, -0.2) is 0 Å². The van der Waals surface area contributed by atoms with Crippen LogP contribution >= 0.6 is 11.8 Å². The molecule has 4 nitrogen and oxygen atoms in total. The molecule has 1 N–H and O–H groups in total. The molecule has 0 saturated carbocycles. The minimum absolute atomic E-state index is 0.00817. The van der Waals surface area contributed by atoms with Crippen LogP contribution in [0, 0.1) is 5.41 Å². The van der Waals surface area contributed by atoms with Crippen molar-refractivity contribution in [2.45, 2.75) is 52.6 Å². The van der Waals surface area contributed by atoms with Crippen molar-refractivity contribution in [1.29, 1.82) is 0 Å². The van der Waals surface area contributed by atoms with Gasteiger partial charge in [0.25, 0.3) is 0 Å². The quantitative estimate of drug-likeness (QED) is 0.785. The number of rotatable bonds is 5. The zero-order valence-electron chi connectivity index (χ0n) is 12.7. The summed E-state index contributed by atoms with van der Waals surface area (Å²) in [5.41, 5.74) is -0.247. The number of hydrogen-bond acceptors (Lipinski definition) is 3. The summed E-state index contributed by atoms with van der Waals surface area (Å²) >= 11 is 1.77. The molecule has 1 rings (SSSR count). The van der Waals surface area contributed by atoms with Gasteiger partial charge in [-0.2, -0.15) is 11.8 Å². The van der Waals surface area contributed by atoms with E-state index < -0.39 is 6.04 Å². The van der Waals surface area contributed by atoms with Crippen molar-refractivity contribution < 1.29 is 9.59 Å². The molecule has 0 aromatic carbocycles. The summed E-state index contributed by atoms with van der Waals surface area (Å²) in [4.78, 5) is 26.5. The SMILES string of the molecule is CCC1C(=O)NC(C(C)(C)C)C(=O)N1CCCSC. The number of thioether (sulfide) groups is 1. The molecule has 0 radical (unpaired) electrons. The molecule has 1 saturated heterocycles. The second-order valence-corrected chi connectivity index (χ2v) is 7.10. The van der Waals surface area contributed by atoms with Crippen molar-refractivity contribution in [2.24, 2.45) is 5.41 Å². The van der Waals surface area contributed by atoms with Gasteiger partial charge in [0.05, 0.1) is 0 Å². The lowest BCUT2D eigenvalue weighted by molar-refractivity contribution is -0.152. The molecule has 1 fully saturated rings. The van der Waals surface area contributed by atoms with E-state index in [0.717, 1.165) is 12.2 Å². The zero-order valence-corrected chi connectivity index (χ0v) is 13.5. The van der Waals surface area contributed by atoms with Crippen molar-refractivity contribution in [3.63, 3.8) is 0 Å². The van der Waals surface area contributed by atoms with E-state index in [1.165, 1.54) is 0 Å². The average molecular weight is 286 g/mol. The maximum atomic E-state index is 12.6. The van der Waals surface area contributed by atoms with Gasteiger partial charge in [-0.3, -0.25) is 9.59 Å². The van der Waals surface area contributed by atoms with Crippen molar-refractivity contribution in [2.75, 3.05) is 18.6 Å². The number of nitrogens with zero attached hydrogens (tertiary/aromatic N) is 1. The van der Waals surface area contributed by atoms with Gasteiger partial charge >= 0.3 is 0 Å². The van der Waals surface area contributed by atoms with Gasteiger partial charge in [0.2, 0.25) is 11.8 Å². The number of nitrogens with one attached hydrogen (secondary N) is 1. The molecule has 0 bridgehead atoms. The lowest BCUT2D eigenvalue weighted by atomic mass is 9.83. The van der Waals surface area contributed by atoms with E-state index in [2.05, 4.69) is 11.6 Å². The highest BCUT2D eigenvalue weighted by Crippen LogP contribution is 2.26. The third kappa shape index (κ3) is 3.88. The Morgan fingerprint density at radius 3 is 2.42 bits per heavy atom. The van der Waals surface area contributed by atoms with Crippen LogP contribution in [0.5, 0.6) is 0 Å². The number of amides is 2. The van der Waals surface area contributed by atoms with Crippen LogP contribution in [0.4, 0.5) is 0 Å². The van der Waals surface area contributed by atoms with Crippen LogP contribution in [-0.4, -0.2) is 47.4 Å². The first-order valence-corrected chi connectivity index (χ1v) is 8.32. The van der Waals surface area contributed by atoms with E-state index in [0.29, 0.717) is 13.0 Å². The Labute approximate surface area is 120 Å².